The van der Waals surface area contributed by atoms with Crippen LogP contribution in [-0.4, -0.2) is 46.1 Å². The highest BCUT2D eigenvalue weighted by Gasteiger charge is 2.12. The fourth-order valence-corrected chi connectivity index (χ4v) is 2.14. The lowest BCUT2D eigenvalue weighted by Crippen LogP contribution is -2.32. The van der Waals surface area contributed by atoms with Crippen molar-refractivity contribution < 1.29 is 8.42 Å². The van der Waals surface area contributed by atoms with Gasteiger partial charge in [-0.2, -0.15) is 0 Å². The normalized spacial score (nSPS) is 23.6. The average molecular weight is 206 g/mol. The largest absolute Gasteiger partial charge is 0.315 e. The van der Waals surface area contributed by atoms with E-state index in [1.165, 1.54) is 6.26 Å². The summed E-state index contributed by atoms with van der Waals surface area (Å²) in [6.07, 6.45) is 3.15. The van der Waals surface area contributed by atoms with Crippen LogP contribution >= 0.6 is 0 Å². The van der Waals surface area contributed by atoms with Crippen molar-refractivity contribution in [3.8, 4) is 0 Å². The van der Waals surface area contributed by atoms with E-state index in [1.807, 2.05) is 0 Å². The lowest BCUT2D eigenvalue weighted by molar-refractivity contribution is 0.541. The Bertz CT molecular complexity index is 233. The van der Waals surface area contributed by atoms with E-state index in [0.29, 0.717) is 11.8 Å². The highest BCUT2D eigenvalue weighted by molar-refractivity contribution is 7.90. The molecule has 1 heterocycles. The average Bonchev–Trinajstić information content (AvgIpc) is 2.48. The molecule has 13 heavy (non-hydrogen) atoms. The maximum Gasteiger partial charge on any atom is 0.147 e. The zero-order valence-corrected chi connectivity index (χ0v) is 8.86. The first-order chi connectivity index (χ1) is 6.08. The fraction of sp³-hybridized carbons (Fsp3) is 1.00. The summed E-state index contributed by atoms with van der Waals surface area (Å²) in [5.41, 5.74) is 0. The van der Waals surface area contributed by atoms with E-state index >= 15 is 0 Å². The standard InChI is InChI=1S/C8H18N2O2S/c1-13(11,12)6-2-4-10-8-3-5-9-7-8/h8-10H,2-7H2,1H3. The Hall–Kier alpha value is -0.130. The van der Waals surface area contributed by atoms with Gasteiger partial charge in [0.25, 0.3) is 0 Å². The minimum absolute atomic E-state index is 0.292. The molecule has 1 saturated heterocycles. The van der Waals surface area contributed by atoms with E-state index in [-0.39, 0.29) is 0 Å². The third kappa shape index (κ3) is 5.23. The molecule has 2 N–H and O–H groups in total. The Labute approximate surface area is 80.0 Å². The Morgan fingerprint density at radius 3 is 2.85 bits per heavy atom. The van der Waals surface area contributed by atoms with Crippen molar-refractivity contribution in [2.45, 2.75) is 18.9 Å². The number of hydrogen-bond acceptors (Lipinski definition) is 4. The molecule has 1 fully saturated rings. The quantitative estimate of drug-likeness (QED) is 0.588. The summed E-state index contributed by atoms with van der Waals surface area (Å²) in [5.74, 6) is 0.292. The Morgan fingerprint density at radius 1 is 1.54 bits per heavy atom. The smallest absolute Gasteiger partial charge is 0.147 e. The maximum atomic E-state index is 10.8. The molecule has 0 saturated carbocycles. The van der Waals surface area contributed by atoms with Gasteiger partial charge in [0.15, 0.2) is 0 Å². The van der Waals surface area contributed by atoms with Crippen LogP contribution in [0.1, 0.15) is 12.8 Å². The second kappa shape index (κ2) is 4.93. The van der Waals surface area contributed by atoms with Gasteiger partial charge in [-0.1, -0.05) is 0 Å². The second-order valence-electron chi connectivity index (χ2n) is 3.63. The molecule has 0 amide bonds. The molecule has 1 aliphatic rings. The number of sulfone groups is 1. The number of hydrogen-bond donors (Lipinski definition) is 2. The SMILES string of the molecule is CS(=O)(=O)CCCNC1CCNC1. The number of nitrogens with one attached hydrogen (secondary N) is 2. The summed E-state index contributed by atoms with van der Waals surface area (Å²) in [4.78, 5) is 0. The summed E-state index contributed by atoms with van der Waals surface area (Å²) in [6.45, 7) is 2.89. The lowest BCUT2D eigenvalue weighted by Gasteiger charge is -2.09. The summed E-state index contributed by atoms with van der Waals surface area (Å²) in [5, 5.41) is 6.58. The van der Waals surface area contributed by atoms with Crippen LogP contribution in [-0.2, 0) is 9.84 Å². The van der Waals surface area contributed by atoms with E-state index in [2.05, 4.69) is 10.6 Å². The molecule has 1 atom stereocenters. The van der Waals surface area contributed by atoms with Gasteiger partial charge in [0.05, 0.1) is 5.75 Å². The monoisotopic (exact) mass is 206 g/mol. The maximum absolute atomic E-state index is 10.8. The first-order valence-electron chi connectivity index (χ1n) is 4.70. The van der Waals surface area contributed by atoms with Gasteiger partial charge in [-0.05, 0) is 25.9 Å². The van der Waals surface area contributed by atoms with Gasteiger partial charge in [-0.3, -0.25) is 0 Å². The Kier molecular flexibility index (Phi) is 4.15. The molecular formula is C8H18N2O2S. The summed E-state index contributed by atoms with van der Waals surface area (Å²) in [7, 11) is -2.78. The van der Waals surface area contributed by atoms with Gasteiger partial charge in [0.1, 0.15) is 9.84 Å². The summed E-state index contributed by atoms with van der Waals surface area (Å²) in [6, 6.07) is 0.541. The zero-order chi connectivity index (χ0) is 9.73. The van der Waals surface area contributed by atoms with E-state index in [1.54, 1.807) is 0 Å². The molecule has 0 aliphatic carbocycles. The van der Waals surface area contributed by atoms with Gasteiger partial charge >= 0.3 is 0 Å². The first kappa shape index (κ1) is 10.9. The number of rotatable bonds is 5. The van der Waals surface area contributed by atoms with Gasteiger partial charge in [-0.15, -0.1) is 0 Å². The molecule has 78 valence electrons. The van der Waals surface area contributed by atoms with Crippen LogP contribution in [0.3, 0.4) is 0 Å². The fourth-order valence-electron chi connectivity index (χ4n) is 1.47. The zero-order valence-electron chi connectivity index (χ0n) is 8.04. The molecule has 0 bridgehead atoms. The van der Waals surface area contributed by atoms with Crippen molar-refractivity contribution in [2.24, 2.45) is 0 Å². The van der Waals surface area contributed by atoms with E-state index < -0.39 is 9.84 Å². The molecule has 1 aliphatic heterocycles. The highest BCUT2D eigenvalue weighted by atomic mass is 32.2. The van der Waals surface area contributed by atoms with Gasteiger partial charge in [-0.25, -0.2) is 8.42 Å². The van der Waals surface area contributed by atoms with E-state index in [0.717, 1.165) is 32.5 Å². The molecule has 1 rings (SSSR count). The Balaban J connectivity index is 2.01. The molecule has 0 aromatic heterocycles. The lowest BCUT2D eigenvalue weighted by atomic mass is 10.2. The third-order valence-corrected chi connectivity index (χ3v) is 3.22. The second-order valence-corrected chi connectivity index (χ2v) is 5.89. The minimum atomic E-state index is -2.78. The highest BCUT2D eigenvalue weighted by Crippen LogP contribution is 1.97. The van der Waals surface area contributed by atoms with Gasteiger partial charge in [0, 0.05) is 18.8 Å². The van der Waals surface area contributed by atoms with Crippen molar-refractivity contribution in [3.05, 3.63) is 0 Å². The topological polar surface area (TPSA) is 58.2 Å². The molecular weight excluding hydrogens is 188 g/mol. The Morgan fingerprint density at radius 2 is 2.31 bits per heavy atom. The van der Waals surface area contributed by atoms with Crippen LogP contribution in [0.25, 0.3) is 0 Å². The predicted molar refractivity (Wildman–Crippen MR) is 53.6 cm³/mol. The van der Waals surface area contributed by atoms with Crippen LogP contribution in [0.15, 0.2) is 0 Å². The summed E-state index contributed by atoms with van der Waals surface area (Å²) >= 11 is 0. The van der Waals surface area contributed by atoms with Crippen molar-refractivity contribution >= 4 is 9.84 Å². The van der Waals surface area contributed by atoms with E-state index in [9.17, 15) is 8.42 Å². The predicted octanol–water partition coefficient (Wildman–Crippen LogP) is -0.627. The van der Waals surface area contributed by atoms with Crippen molar-refractivity contribution in [1.29, 1.82) is 0 Å². The molecule has 0 aromatic carbocycles. The van der Waals surface area contributed by atoms with Crippen molar-refractivity contribution in [2.75, 3.05) is 31.6 Å². The molecule has 0 spiro atoms. The van der Waals surface area contributed by atoms with E-state index in [4.69, 9.17) is 0 Å². The molecule has 1 unspecified atom stereocenters. The van der Waals surface area contributed by atoms with Crippen molar-refractivity contribution in [3.63, 3.8) is 0 Å². The van der Waals surface area contributed by atoms with Gasteiger partial charge in [0.2, 0.25) is 0 Å². The van der Waals surface area contributed by atoms with Crippen LogP contribution in [0.4, 0.5) is 0 Å². The molecule has 4 nitrogen and oxygen atoms in total. The van der Waals surface area contributed by atoms with Crippen molar-refractivity contribution in [1.82, 2.24) is 10.6 Å². The van der Waals surface area contributed by atoms with Crippen LogP contribution in [0.2, 0.25) is 0 Å². The van der Waals surface area contributed by atoms with Crippen LogP contribution in [0.5, 0.6) is 0 Å². The molecule has 5 heteroatoms. The first-order valence-corrected chi connectivity index (χ1v) is 6.76. The third-order valence-electron chi connectivity index (χ3n) is 2.19. The summed E-state index contributed by atoms with van der Waals surface area (Å²) < 4.78 is 21.6. The van der Waals surface area contributed by atoms with Gasteiger partial charge < -0.3 is 10.6 Å². The van der Waals surface area contributed by atoms with Crippen LogP contribution < -0.4 is 10.6 Å². The molecule has 0 radical (unpaired) electrons. The van der Waals surface area contributed by atoms with Crippen LogP contribution in [0, 0.1) is 0 Å². The minimum Gasteiger partial charge on any atom is -0.315 e. The molecule has 0 aromatic rings.